The molecule has 2 atom stereocenters. The summed E-state index contributed by atoms with van der Waals surface area (Å²) in [6.07, 6.45) is 1.36. The minimum Gasteiger partial charge on any atom is -0.495 e. The predicted molar refractivity (Wildman–Crippen MR) is 230 cm³/mol. The highest BCUT2D eigenvalue weighted by molar-refractivity contribution is 6.16. The SMILES string of the molecule is CCC(NC(=O)c1c(OC)c(OC)cc2c(OC)c(-c3c(C)cc4c(C(=O)NC(CC)c5ccccc5)c(OC)c(OC)cc4c3OC)c(C)cc12)c1ccccc1. The van der Waals surface area contributed by atoms with Crippen molar-refractivity contribution in [3.8, 4) is 45.6 Å². The smallest absolute Gasteiger partial charge is 0.256 e. The largest absolute Gasteiger partial charge is 0.495 e. The van der Waals surface area contributed by atoms with Crippen molar-refractivity contribution in [3.05, 3.63) is 118 Å². The number of aryl methyl sites for hydroxylation is 2. The summed E-state index contributed by atoms with van der Waals surface area (Å²) < 4.78 is 36.0. The molecule has 6 aromatic carbocycles. The van der Waals surface area contributed by atoms with Crippen molar-refractivity contribution in [3.63, 3.8) is 0 Å². The van der Waals surface area contributed by atoms with Crippen LogP contribution in [0.1, 0.15) is 81.7 Å². The third-order valence-corrected chi connectivity index (χ3v) is 10.8. The first kappa shape index (κ1) is 41.2. The Morgan fingerprint density at radius 1 is 0.483 bits per heavy atom. The molecule has 302 valence electrons. The molecule has 0 radical (unpaired) electrons. The van der Waals surface area contributed by atoms with Crippen molar-refractivity contribution < 1.29 is 38.0 Å². The van der Waals surface area contributed by atoms with E-state index in [0.717, 1.165) is 33.4 Å². The number of methoxy groups -OCH3 is 6. The van der Waals surface area contributed by atoms with Crippen molar-refractivity contribution >= 4 is 33.4 Å². The fourth-order valence-electron chi connectivity index (χ4n) is 8.07. The summed E-state index contributed by atoms with van der Waals surface area (Å²) in [5.74, 6) is 1.76. The Kier molecular flexibility index (Phi) is 12.6. The van der Waals surface area contributed by atoms with Crippen molar-refractivity contribution in [2.75, 3.05) is 42.7 Å². The van der Waals surface area contributed by atoms with Gasteiger partial charge >= 0.3 is 0 Å². The number of benzene rings is 6. The molecule has 6 rings (SSSR count). The van der Waals surface area contributed by atoms with Crippen molar-refractivity contribution in [1.82, 2.24) is 10.6 Å². The van der Waals surface area contributed by atoms with E-state index in [9.17, 15) is 9.59 Å². The Morgan fingerprint density at radius 2 is 0.828 bits per heavy atom. The summed E-state index contributed by atoms with van der Waals surface area (Å²) in [5, 5.41) is 9.01. The lowest BCUT2D eigenvalue weighted by Crippen LogP contribution is -2.29. The highest BCUT2D eigenvalue weighted by atomic mass is 16.5. The average molecular weight is 785 g/mol. The average Bonchev–Trinajstić information content (AvgIpc) is 3.25. The van der Waals surface area contributed by atoms with Gasteiger partial charge in [0.2, 0.25) is 0 Å². The summed E-state index contributed by atoms with van der Waals surface area (Å²) in [7, 11) is 9.34. The third-order valence-electron chi connectivity index (χ3n) is 10.8. The molecular formula is C48H52N2O8. The Morgan fingerprint density at radius 3 is 1.12 bits per heavy atom. The Balaban J connectivity index is 1.60. The molecule has 0 spiro atoms. The van der Waals surface area contributed by atoms with Crippen molar-refractivity contribution in [2.45, 2.75) is 52.6 Å². The number of carbonyl (C=O) groups excluding carboxylic acids is 2. The summed E-state index contributed by atoms with van der Waals surface area (Å²) in [6.45, 7) is 8.01. The molecule has 10 nitrogen and oxygen atoms in total. The number of fused-ring (bicyclic) bond motifs is 2. The molecule has 10 heteroatoms. The molecule has 6 aromatic rings. The molecule has 2 unspecified atom stereocenters. The fraction of sp³-hybridized carbons (Fsp3) is 0.292. The quantitative estimate of drug-likeness (QED) is 0.106. The molecular weight excluding hydrogens is 733 g/mol. The van der Waals surface area contributed by atoms with E-state index in [2.05, 4.69) is 10.6 Å². The van der Waals surface area contributed by atoms with Gasteiger partial charge in [-0.25, -0.2) is 0 Å². The fourth-order valence-corrected chi connectivity index (χ4v) is 8.07. The van der Waals surface area contributed by atoms with Crippen LogP contribution in [0.4, 0.5) is 0 Å². The summed E-state index contributed by atoms with van der Waals surface area (Å²) in [5.41, 5.74) is 5.77. The van der Waals surface area contributed by atoms with Gasteiger partial charge < -0.3 is 39.1 Å². The third kappa shape index (κ3) is 7.42. The standard InChI is InChI=1S/C48H52N2O8/c1-11-35(29-19-15-13-16-20-29)49-47(51)41-31-23-27(3)39(43(55-7)33(31)25-37(53-5)45(41)57-9)40-28(4)24-32-34(44(40)56-8)26-38(54-6)46(58-10)42(32)48(52)50-36(12-2)30-21-17-14-18-22-30/h13-26,35-36H,11-12H2,1-10H3,(H,49,51)(H,50,52). The number of hydrogen-bond donors (Lipinski definition) is 2. The van der Waals surface area contributed by atoms with Gasteiger partial charge in [0.1, 0.15) is 11.5 Å². The lowest BCUT2D eigenvalue weighted by atomic mass is 9.87. The molecule has 2 N–H and O–H groups in total. The van der Waals surface area contributed by atoms with E-state index < -0.39 is 0 Å². The van der Waals surface area contributed by atoms with Crippen LogP contribution in [0.3, 0.4) is 0 Å². The van der Waals surface area contributed by atoms with Gasteiger partial charge in [-0.3, -0.25) is 9.59 Å². The van der Waals surface area contributed by atoms with Gasteiger partial charge in [0, 0.05) is 32.7 Å². The second-order valence-corrected chi connectivity index (χ2v) is 14.1. The van der Waals surface area contributed by atoms with Gasteiger partial charge in [0.25, 0.3) is 11.8 Å². The summed E-state index contributed by atoms with van der Waals surface area (Å²) >= 11 is 0. The van der Waals surface area contributed by atoms with E-state index in [-0.39, 0.29) is 23.9 Å². The maximum Gasteiger partial charge on any atom is 0.256 e. The summed E-state index contributed by atoms with van der Waals surface area (Å²) in [4.78, 5) is 28.8. The lowest BCUT2D eigenvalue weighted by molar-refractivity contribution is 0.0925. The molecule has 0 aromatic heterocycles. The molecule has 2 amide bonds. The van der Waals surface area contributed by atoms with Gasteiger partial charge in [-0.1, -0.05) is 74.5 Å². The summed E-state index contributed by atoms with van der Waals surface area (Å²) in [6, 6.07) is 26.9. The first-order valence-corrected chi connectivity index (χ1v) is 19.3. The zero-order valence-electron chi connectivity index (χ0n) is 34.9. The highest BCUT2D eigenvalue weighted by Gasteiger charge is 2.31. The Bertz CT molecular complexity index is 2290. The van der Waals surface area contributed by atoms with Crippen LogP contribution in [0.5, 0.6) is 34.5 Å². The number of amides is 2. The van der Waals surface area contributed by atoms with Gasteiger partial charge in [0.05, 0.1) is 65.9 Å². The Labute approximate surface area is 340 Å². The minimum atomic E-state index is -0.311. The van der Waals surface area contributed by atoms with E-state index in [1.54, 1.807) is 28.4 Å². The zero-order valence-corrected chi connectivity index (χ0v) is 34.9. The van der Waals surface area contributed by atoms with Gasteiger partial charge in [-0.15, -0.1) is 0 Å². The number of ether oxygens (including phenoxy) is 6. The second kappa shape index (κ2) is 17.8. The molecule has 0 aliphatic carbocycles. The van der Waals surface area contributed by atoms with Gasteiger partial charge in [0.15, 0.2) is 23.0 Å². The van der Waals surface area contributed by atoms with Crippen LogP contribution >= 0.6 is 0 Å². The monoisotopic (exact) mass is 784 g/mol. The van der Waals surface area contributed by atoms with Gasteiger partial charge in [-0.2, -0.15) is 0 Å². The molecule has 0 fully saturated rings. The van der Waals surface area contributed by atoms with Crippen LogP contribution in [0, 0.1) is 13.8 Å². The molecule has 58 heavy (non-hydrogen) atoms. The van der Waals surface area contributed by atoms with Crippen LogP contribution in [0.2, 0.25) is 0 Å². The van der Waals surface area contributed by atoms with Crippen LogP contribution < -0.4 is 39.1 Å². The number of nitrogens with one attached hydrogen (secondary N) is 2. The van der Waals surface area contributed by atoms with Crippen molar-refractivity contribution in [2.24, 2.45) is 0 Å². The lowest BCUT2D eigenvalue weighted by Gasteiger charge is -2.25. The topological polar surface area (TPSA) is 114 Å². The van der Waals surface area contributed by atoms with Crippen molar-refractivity contribution in [1.29, 1.82) is 0 Å². The van der Waals surface area contributed by atoms with E-state index in [1.807, 2.05) is 113 Å². The number of rotatable bonds is 15. The van der Waals surface area contributed by atoms with Crippen LogP contribution in [-0.2, 0) is 0 Å². The van der Waals surface area contributed by atoms with E-state index in [1.165, 1.54) is 14.2 Å². The first-order valence-electron chi connectivity index (χ1n) is 19.3. The Hall–Kier alpha value is -6.42. The predicted octanol–water partition coefficient (Wildman–Crippen LogP) is 10.1. The van der Waals surface area contributed by atoms with Crippen LogP contribution in [0.25, 0.3) is 32.7 Å². The zero-order chi connectivity index (χ0) is 41.7. The second-order valence-electron chi connectivity index (χ2n) is 14.1. The first-order chi connectivity index (χ1) is 28.1. The van der Waals surface area contributed by atoms with E-state index >= 15 is 0 Å². The van der Waals surface area contributed by atoms with E-state index in [4.69, 9.17) is 28.4 Å². The molecule has 0 saturated carbocycles. The number of carbonyl (C=O) groups is 2. The minimum absolute atomic E-state index is 0.236. The maximum absolute atomic E-state index is 14.4. The van der Waals surface area contributed by atoms with Crippen LogP contribution in [0.15, 0.2) is 84.9 Å². The maximum atomic E-state index is 14.4. The molecule has 0 heterocycles. The van der Waals surface area contributed by atoms with Crippen LogP contribution in [-0.4, -0.2) is 54.5 Å². The molecule has 0 bridgehead atoms. The normalized spacial score (nSPS) is 12.1. The molecule has 0 aliphatic heterocycles. The van der Waals surface area contributed by atoms with E-state index in [0.29, 0.717) is 80.0 Å². The number of hydrogen-bond acceptors (Lipinski definition) is 8. The molecule has 0 saturated heterocycles. The molecule has 0 aliphatic rings. The highest BCUT2D eigenvalue weighted by Crippen LogP contribution is 2.52. The van der Waals surface area contributed by atoms with Gasteiger partial charge in [-0.05, 0) is 73.2 Å².